The number of carbonyl (C=O) groups is 2. The van der Waals surface area contributed by atoms with Gasteiger partial charge in [0.2, 0.25) is 6.79 Å². The fourth-order valence-corrected chi connectivity index (χ4v) is 5.02. The lowest BCUT2D eigenvalue weighted by Gasteiger charge is -2.29. The number of aryl methyl sites for hydroxylation is 1. The first-order valence-electron chi connectivity index (χ1n) is 12.6. The van der Waals surface area contributed by atoms with Crippen LogP contribution in [0.15, 0.2) is 18.2 Å². The van der Waals surface area contributed by atoms with Gasteiger partial charge < -0.3 is 24.6 Å². The average molecular weight is 497 g/mol. The van der Waals surface area contributed by atoms with Gasteiger partial charge in [-0.15, -0.1) is 0 Å². The Morgan fingerprint density at radius 3 is 2.42 bits per heavy atom. The normalized spacial score (nSPS) is 20.2. The molecule has 1 atom stereocenters. The van der Waals surface area contributed by atoms with Crippen LogP contribution in [0.4, 0.5) is 0 Å². The Bertz CT molecular complexity index is 1160. The Balaban J connectivity index is 1.83. The number of carbonyl (C=O) groups excluding carboxylic acids is 1. The first kappa shape index (κ1) is 25.9. The van der Waals surface area contributed by atoms with Gasteiger partial charge in [-0.3, -0.25) is 4.79 Å². The second-order valence-corrected chi connectivity index (χ2v) is 10.9. The number of rotatable bonds is 6. The lowest BCUT2D eigenvalue weighted by molar-refractivity contribution is -0.160. The Kier molecular flexibility index (Phi) is 7.27. The number of aromatic nitrogens is 1. The maximum Gasteiger partial charge on any atom is 0.337 e. The molecule has 0 radical (unpaired) electrons. The predicted octanol–water partition coefficient (Wildman–Crippen LogP) is 5.34. The van der Waals surface area contributed by atoms with E-state index in [0.717, 1.165) is 25.7 Å². The molecule has 194 valence electrons. The molecule has 2 N–H and O–H groups in total. The molecule has 1 amide bonds. The maximum atomic E-state index is 13.4. The number of hydrogen-bond acceptors (Lipinski definition) is 6. The fraction of sp³-hybridized carbons (Fsp3) is 0.536. The molecule has 1 saturated carbocycles. The van der Waals surface area contributed by atoms with Crippen molar-refractivity contribution in [2.75, 3.05) is 6.79 Å². The largest absolute Gasteiger partial charge is 0.479 e. The lowest BCUT2D eigenvalue weighted by Crippen LogP contribution is -2.38. The van der Waals surface area contributed by atoms with Crippen molar-refractivity contribution in [3.63, 3.8) is 0 Å². The number of aliphatic carboxylic acids is 1. The van der Waals surface area contributed by atoms with Crippen LogP contribution in [0.3, 0.4) is 0 Å². The van der Waals surface area contributed by atoms with Gasteiger partial charge in [-0.2, -0.15) is 0 Å². The summed E-state index contributed by atoms with van der Waals surface area (Å²) in [6, 6.07) is 5.56. The molecule has 1 aromatic heterocycles. The summed E-state index contributed by atoms with van der Waals surface area (Å²) >= 11 is 0. The number of pyridine rings is 1. The van der Waals surface area contributed by atoms with Gasteiger partial charge in [0.25, 0.3) is 5.91 Å². The topological polar surface area (TPSA) is 107 Å². The number of fused-ring (bicyclic) bond motifs is 1. The van der Waals surface area contributed by atoms with Crippen molar-refractivity contribution in [1.82, 2.24) is 10.3 Å². The van der Waals surface area contributed by atoms with Crippen molar-refractivity contribution in [2.24, 2.45) is 5.92 Å². The first-order chi connectivity index (χ1) is 16.9. The molecule has 2 aliphatic rings. The van der Waals surface area contributed by atoms with Crippen molar-refractivity contribution in [3.05, 3.63) is 40.7 Å². The molecule has 0 spiro atoms. The van der Waals surface area contributed by atoms with Crippen molar-refractivity contribution < 1.29 is 28.9 Å². The van der Waals surface area contributed by atoms with Gasteiger partial charge >= 0.3 is 5.97 Å². The molecule has 1 aliphatic heterocycles. The first-order valence-corrected chi connectivity index (χ1v) is 12.6. The highest BCUT2D eigenvalue weighted by Gasteiger charge is 2.34. The average Bonchev–Trinajstić information content (AvgIpc) is 3.27. The third-order valence-electron chi connectivity index (χ3n) is 6.85. The van der Waals surface area contributed by atoms with Crippen LogP contribution in [0, 0.1) is 19.8 Å². The van der Waals surface area contributed by atoms with Crippen LogP contribution in [-0.4, -0.2) is 40.4 Å². The molecular formula is C28H36N2O6. The smallest absolute Gasteiger partial charge is 0.337 e. The second-order valence-electron chi connectivity index (χ2n) is 10.9. The summed E-state index contributed by atoms with van der Waals surface area (Å²) in [5.74, 6) is 0.497. The van der Waals surface area contributed by atoms with E-state index in [0.29, 0.717) is 51.1 Å². The van der Waals surface area contributed by atoms with E-state index in [1.54, 1.807) is 13.0 Å². The summed E-state index contributed by atoms with van der Waals surface area (Å²) < 4.78 is 17.1. The number of hydrogen-bond donors (Lipinski definition) is 2. The van der Waals surface area contributed by atoms with Crippen molar-refractivity contribution in [3.8, 4) is 22.6 Å². The standard InChI is InChI=1S/C28H36N2O6/c1-15-7-10-19(11-8-15)30-26(31)24-16(2)22(18-9-12-20-21(13-18)35-14-34-20)23(17(3)29-24)25(27(32)33)36-28(4,5)6/h9,12-13,15,19,25H,7-8,10-11,14H2,1-6H3,(H,30,31)(H,32,33)/t15?,19?,25-/m0/s1. The van der Waals surface area contributed by atoms with Gasteiger partial charge in [-0.1, -0.05) is 13.0 Å². The number of carboxylic acids is 1. The van der Waals surface area contributed by atoms with Crippen molar-refractivity contribution >= 4 is 11.9 Å². The van der Waals surface area contributed by atoms with Crippen LogP contribution >= 0.6 is 0 Å². The van der Waals surface area contributed by atoms with Crippen LogP contribution in [0.2, 0.25) is 0 Å². The highest BCUT2D eigenvalue weighted by molar-refractivity contribution is 5.97. The molecule has 0 saturated heterocycles. The molecule has 1 aliphatic carbocycles. The van der Waals surface area contributed by atoms with Crippen LogP contribution in [-0.2, 0) is 9.53 Å². The zero-order chi connectivity index (χ0) is 26.2. The summed E-state index contributed by atoms with van der Waals surface area (Å²) in [7, 11) is 0. The molecule has 0 bridgehead atoms. The number of carboxylic acid groups (broad SMARTS) is 1. The summed E-state index contributed by atoms with van der Waals surface area (Å²) in [4.78, 5) is 30.5. The number of nitrogens with one attached hydrogen (secondary N) is 1. The van der Waals surface area contributed by atoms with Gasteiger partial charge in [0.1, 0.15) is 5.69 Å². The number of nitrogens with zero attached hydrogens (tertiary/aromatic N) is 1. The minimum atomic E-state index is -1.27. The van der Waals surface area contributed by atoms with Gasteiger partial charge in [-0.05, 0) is 95.0 Å². The molecule has 8 nitrogen and oxygen atoms in total. The van der Waals surface area contributed by atoms with Gasteiger partial charge in [-0.25, -0.2) is 9.78 Å². The van der Waals surface area contributed by atoms with Crippen LogP contribution in [0.1, 0.15) is 86.8 Å². The van der Waals surface area contributed by atoms with Crippen LogP contribution in [0.5, 0.6) is 11.5 Å². The lowest BCUT2D eigenvalue weighted by atomic mass is 9.87. The monoisotopic (exact) mass is 496 g/mol. The van der Waals surface area contributed by atoms with E-state index in [2.05, 4.69) is 17.2 Å². The minimum absolute atomic E-state index is 0.111. The number of benzene rings is 1. The molecule has 36 heavy (non-hydrogen) atoms. The summed E-state index contributed by atoms with van der Waals surface area (Å²) in [5, 5.41) is 13.3. The fourth-order valence-electron chi connectivity index (χ4n) is 5.02. The zero-order valence-electron chi connectivity index (χ0n) is 21.9. The van der Waals surface area contributed by atoms with Gasteiger partial charge in [0.05, 0.1) is 5.60 Å². The van der Waals surface area contributed by atoms with Crippen LogP contribution < -0.4 is 14.8 Å². The van der Waals surface area contributed by atoms with Gasteiger partial charge in [0, 0.05) is 17.3 Å². The molecule has 0 unspecified atom stereocenters. The van der Waals surface area contributed by atoms with E-state index in [1.807, 2.05) is 39.8 Å². The maximum absolute atomic E-state index is 13.4. The molecule has 1 aromatic carbocycles. The predicted molar refractivity (Wildman–Crippen MR) is 135 cm³/mol. The molecular weight excluding hydrogens is 460 g/mol. The van der Waals surface area contributed by atoms with E-state index < -0.39 is 17.7 Å². The number of ether oxygens (including phenoxy) is 3. The van der Waals surface area contributed by atoms with E-state index in [1.165, 1.54) is 0 Å². The van der Waals surface area contributed by atoms with Crippen LogP contribution in [0.25, 0.3) is 11.1 Å². The van der Waals surface area contributed by atoms with E-state index in [4.69, 9.17) is 14.2 Å². The SMILES string of the molecule is Cc1nc(C(=O)NC2CCC(C)CC2)c(C)c(-c2ccc3c(c2)OCO3)c1[C@H](OC(C)(C)C)C(=O)O. The Morgan fingerprint density at radius 2 is 1.78 bits per heavy atom. The molecule has 2 heterocycles. The van der Waals surface area contributed by atoms with Crippen molar-refractivity contribution in [2.45, 2.75) is 85.0 Å². The Morgan fingerprint density at radius 1 is 1.11 bits per heavy atom. The Labute approximate surface area is 212 Å². The highest BCUT2D eigenvalue weighted by Crippen LogP contribution is 2.42. The highest BCUT2D eigenvalue weighted by atomic mass is 16.7. The summed E-state index contributed by atoms with van der Waals surface area (Å²) in [6.45, 7) is 11.3. The molecule has 1 fully saturated rings. The van der Waals surface area contributed by atoms with E-state index in [-0.39, 0.29) is 18.7 Å². The molecule has 4 rings (SSSR count). The van der Waals surface area contributed by atoms with E-state index >= 15 is 0 Å². The third kappa shape index (κ3) is 5.48. The Hall–Kier alpha value is -3.13. The number of amides is 1. The van der Waals surface area contributed by atoms with Crippen molar-refractivity contribution in [1.29, 1.82) is 0 Å². The van der Waals surface area contributed by atoms with Gasteiger partial charge in [0.15, 0.2) is 17.6 Å². The second kappa shape index (κ2) is 10.1. The zero-order valence-corrected chi connectivity index (χ0v) is 21.9. The molecule has 8 heteroatoms. The summed E-state index contributed by atoms with van der Waals surface area (Å²) in [6.07, 6.45) is 2.79. The quantitative estimate of drug-likeness (QED) is 0.556. The van der Waals surface area contributed by atoms with E-state index in [9.17, 15) is 14.7 Å². The molecule has 2 aromatic rings. The summed E-state index contributed by atoms with van der Waals surface area (Å²) in [5.41, 5.74) is 2.36. The minimum Gasteiger partial charge on any atom is -0.479 e. The third-order valence-corrected chi connectivity index (χ3v) is 6.85.